The zero-order valence-corrected chi connectivity index (χ0v) is 22.7. The van der Waals surface area contributed by atoms with Crippen LogP contribution in [0.25, 0.3) is 10.2 Å². The van der Waals surface area contributed by atoms with Crippen LogP contribution in [-0.2, 0) is 21.4 Å². The maximum absolute atomic E-state index is 13.4. The molecule has 0 saturated carbocycles. The van der Waals surface area contributed by atoms with E-state index in [1.54, 1.807) is 17.8 Å². The average molecular weight is 544 g/mol. The molecule has 3 aromatic rings. The first-order valence-electron chi connectivity index (χ1n) is 10.7. The van der Waals surface area contributed by atoms with E-state index in [2.05, 4.69) is 41.8 Å². The number of thiophene rings is 1. The van der Waals surface area contributed by atoms with Crippen LogP contribution in [0.15, 0.2) is 33.5 Å². The van der Waals surface area contributed by atoms with Gasteiger partial charge in [0.15, 0.2) is 4.80 Å². The molecule has 4 rings (SSSR count). The number of hydrogen-bond acceptors (Lipinski definition) is 6. The molecule has 0 aliphatic carbocycles. The number of carbonyl (C=O) groups is 1. The molecule has 0 spiro atoms. The summed E-state index contributed by atoms with van der Waals surface area (Å²) >= 11 is 10.2. The molecule has 3 heterocycles. The fourth-order valence-corrected chi connectivity index (χ4v) is 8.90. The third kappa shape index (κ3) is 5.11. The number of aromatic nitrogens is 1. The Morgan fingerprint density at radius 3 is 2.73 bits per heavy atom. The lowest BCUT2D eigenvalue weighted by Gasteiger charge is -2.31. The molecular weight excluding hydrogens is 518 g/mol. The van der Waals surface area contributed by atoms with Crippen LogP contribution in [0.2, 0.25) is 4.34 Å². The molecule has 1 aliphatic heterocycles. The van der Waals surface area contributed by atoms with Crippen molar-refractivity contribution in [1.29, 1.82) is 0 Å². The Kier molecular flexibility index (Phi) is 7.72. The van der Waals surface area contributed by atoms with Crippen LogP contribution in [0.1, 0.15) is 30.4 Å². The number of nitrogens with zero attached hydrogens (tertiary/aromatic N) is 3. The van der Waals surface area contributed by atoms with E-state index in [1.807, 2.05) is 0 Å². The number of fused-ring (bicyclic) bond motifs is 1. The monoisotopic (exact) mass is 543 g/mol. The molecule has 0 N–H and O–H groups in total. The molecular formula is C22H26ClN3O3S4. The van der Waals surface area contributed by atoms with Crippen molar-refractivity contribution in [3.8, 4) is 0 Å². The Hall–Kier alpha value is -1.17. The van der Waals surface area contributed by atoms with Crippen LogP contribution in [0.3, 0.4) is 0 Å². The predicted molar refractivity (Wildman–Crippen MR) is 139 cm³/mol. The second-order valence-corrected chi connectivity index (χ2v) is 13.9. The summed E-state index contributed by atoms with van der Waals surface area (Å²) in [6.45, 7) is 5.17. The van der Waals surface area contributed by atoms with E-state index in [4.69, 9.17) is 11.6 Å². The molecule has 1 amide bonds. The maximum Gasteiger partial charge on any atom is 0.266 e. The van der Waals surface area contributed by atoms with Crippen molar-refractivity contribution < 1.29 is 13.2 Å². The van der Waals surface area contributed by atoms with Crippen LogP contribution in [0.5, 0.6) is 0 Å². The minimum absolute atomic E-state index is 0.162. The lowest BCUT2D eigenvalue weighted by atomic mass is 10.0. The minimum atomic E-state index is -3.81. The Labute approximate surface area is 211 Å². The van der Waals surface area contributed by atoms with Gasteiger partial charge < -0.3 is 4.57 Å². The van der Waals surface area contributed by atoms with Gasteiger partial charge in [-0.25, -0.2) is 8.42 Å². The number of hydrogen-bond donors (Lipinski definition) is 0. The molecule has 0 radical (unpaired) electrons. The standard InChI is InChI=1S/C22H26ClN3O3S4/c1-14-12-15(2)20-17(13-14)25(10-11-30-3)22(32-20)24-21(27)16-6-4-5-9-26(16)33(28,29)19-8-7-18(23)31-19/h7-8,12-13,16H,4-6,9-11H2,1-3H3. The Balaban J connectivity index is 1.76. The predicted octanol–water partition coefficient (Wildman–Crippen LogP) is 5.07. The molecule has 1 aromatic carbocycles. The summed E-state index contributed by atoms with van der Waals surface area (Å²) < 4.78 is 31.6. The van der Waals surface area contributed by atoms with Gasteiger partial charge in [0.1, 0.15) is 10.3 Å². The lowest BCUT2D eigenvalue weighted by molar-refractivity contribution is -0.122. The van der Waals surface area contributed by atoms with Crippen molar-refractivity contribution in [1.82, 2.24) is 8.87 Å². The molecule has 2 aromatic heterocycles. The van der Waals surface area contributed by atoms with Gasteiger partial charge in [-0.15, -0.1) is 11.3 Å². The molecule has 11 heteroatoms. The van der Waals surface area contributed by atoms with E-state index in [-0.39, 0.29) is 4.21 Å². The Morgan fingerprint density at radius 1 is 1.24 bits per heavy atom. The van der Waals surface area contributed by atoms with E-state index < -0.39 is 22.0 Å². The molecule has 1 atom stereocenters. The summed E-state index contributed by atoms with van der Waals surface area (Å²) in [4.78, 5) is 18.5. The van der Waals surface area contributed by atoms with Crippen LogP contribution in [0, 0.1) is 13.8 Å². The zero-order chi connectivity index (χ0) is 23.8. The van der Waals surface area contributed by atoms with Crippen molar-refractivity contribution in [3.05, 3.63) is 44.5 Å². The van der Waals surface area contributed by atoms with E-state index in [1.165, 1.54) is 21.7 Å². The second kappa shape index (κ2) is 10.2. The van der Waals surface area contributed by atoms with Gasteiger partial charge in [-0.3, -0.25) is 4.79 Å². The SMILES string of the molecule is CSCCn1c(=NC(=O)C2CCCCN2S(=O)(=O)c2ccc(Cl)s2)sc2c(C)cc(C)cc21. The highest BCUT2D eigenvalue weighted by Gasteiger charge is 2.38. The van der Waals surface area contributed by atoms with Crippen molar-refractivity contribution in [2.24, 2.45) is 4.99 Å². The molecule has 1 fully saturated rings. The van der Waals surface area contributed by atoms with Gasteiger partial charge in [0.05, 0.1) is 14.6 Å². The quantitative estimate of drug-likeness (QED) is 0.435. The Bertz CT molecular complexity index is 1360. The van der Waals surface area contributed by atoms with Crippen molar-refractivity contribution in [2.45, 2.75) is 49.9 Å². The summed E-state index contributed by atoms with van der Waals surface area (Å²) in [6.07, 6.45) is 4.03. The van der Waals surface area contributed by atoms with Crippen LogP contribution in [0.4, 0.5) is 0 Å². The van der Waals surface area contributed by atoms with Gasteiger partial charge in [-0.1, -0.05) is 35.4 Å². The number of carbonyl (C=O) groups excluding carboxylic acids is 1. The largest absolute Gasteiger partial charge is 0.315 e. The number of rotatable bonds is 6. The molecule has 178 valence electrons. The van der Waals surface area contributed by atoms with Crippen LogP contribution in [-0.4, -0.2) is 47.8 Å². The van der Waals surface area contributed by atoms with Gasteiger partial charge >= 0.3 is 0 Å². The van der Waals surface area contributed by atoms with Crippen LogP contribution >= 0.6 is 46.0 Å². The molecule has 1 aliphatic rings. The molecule has 1 unspecified atom stereocenters. The number of thiazole rings is 1. The highest BCUT2D eigenvalue weighted by molar-refractivity contribution is 7.98. The summed E-state index contributed by atoms with van der Waals surface area (Å²) in [5.41, 5.74) is 3.38. The summed E-state index contributed by atoms with van der Waals surface area (Å²) in [6, 6.07) is 6.53. The van der Waals surface area contributed by atoms with E-state index in [0.29, 0.717) is 22.1 Å². The van der Waals surface area contributed by atoms with Gasteiger partial charge in [0.25, 0.3) is 15.9 Å². The highest BCUT2D eigenvalue weighted by atomic mass is 35.5. The van der Waals surface area contributed by atoms with E-state index in [0.717, 1.165) is 57.8 Å². The molecule has 0 bridgehead atoms. The number of piperidine rings is 1. The van der Waals surface area contributed by atoms with Gasteiger partial charge in [0.2, 0.25) is 0 Å². The van der Waals surface area contributed by atoms with Crippen LogP contribution < -0.4 is 4.80 Å². The van der Waals surface area contributed by atoms with Crippen molar-refractivity contribution in [2.75, 3.05) is 18.6 Å². The van der Waals surface area contributed by atoms with E-state index in [9.17, 15) is 13.2 Å². The minimum Gasteiger partial charge on any atom is -0.315 e. The number of benzene rings is 1. The third-order valence-electron chi connectivity index (χ3n) is 5.69. The number of aryl methyl sites for hydroxylation is 3. The van der Waals surface area contributed by atoms with Crippen molar-refractivity contribution in [3.63, 3.8) is 0 Å². The fraction of sp³-hybridized carbons (Fsp3) is 0.455. The highest BCUT2D eigenvalue weighted by Crippen LogP contribution is 2.32. The summed E-state index contributed by atoms with van der Waals surface area (Å²) in [5, 5.41) is 0. The molecule has 6 nitrogen and oxygen atoms in total. The summed E-state index contributed by atoms with van der Waals surface area (Å²) in [7, 11) is -3.81. The van der Waals surface area contributed by atoms with E-state index >= 15 is 0 Å². The number of thioether (sulfide) groups is 1. The first-order chi connectivity index (χ1) is 15.7. The summed E-state index contributed by atoms with van der Waals surface area (Å²) in [5.74, 6) is 0.489. The third-order valence-corrected chi connectivity index (χ3v) is 11.1. The normalized spacial score (nSPS) is 18.3. The van der Waals surface area contributed by atoms with Gasteiger partial charge in [0, 0.05) is 18.8 Å². The molecule has 33 heavy (non-hydrogen) atoms. The van der Waals surface area contributed by atoms with Crippen molar-refractivity contribution >= 4 is 72.2 Å². The van der Waals surface area contributed by atoms with Gasteiger partial charge in [-0.2, -0.15) is 21.1 Å². The first-order valence-corrected chi connectivity index (χ1v) is 15.5. The average Bonchev–Trinajstić information content (AvgIpc) is 3.36. The zero-order valence-electron chi connectivity index (χ0n) is 18.7. The van der Waals surface area contributed by atoms with Gasteiger partial charge in [-0.05, 0) is 62.3 Å². The fourth-order valence-electron chi connectivity index (χ4n) is 4.16. The first kappa shape index (κ1) is 24.9. The second-order valence-electron chi connectivity index (χ2n) is 8.10. The lowest BCUT2D eigenvalue weighted by Crippen LogP contribution is -2.47. The molecule has 1 saturated heterocycles. The smallest absolute Gasteiger partial charge is 0.266 e. The number of amides is 1. The maximum atomic E-state index is 13.4. The number of sulfonamides is 1. The topological polar surface area (TPSA) is 71.7 Å². The number of halogens is 1. The Morgan fingerprint density at radius 2 is 2.03 bits per heavy atom.